The third kappa shape index (κ3) is 3.51. The summed E-state index contributed by atoms with van der Waals surface area (Å²) in [5, 5.41) is 2.56. The second-order valence-corrected chi connectivity index (χ2v) is 13.6. The molecule has 11 rings (SSSR count). The molecule has 232 valence electrons. The van der Waals surface area contributed by atoms with Crippen LogP contribution in [0.2, 0.25) is 0 Å². The molecular formula is C49H31N. The van der Waals surface area contributed by atoms with E-state index in [1.165, 1.54) is 94.3 Å². The van der Waals surface area contributed by atoms with Gasteiger partial charge < -0.3 is 4.57 Å². The van der Waals surface area contributed by atoms with E-state index in [9.17, 15) is 0 Å². The topological polar surface area (TPSA) is 4.93 Å². The summed E-state index contributed by atoms with van der Waals surface area (Å²) in [7, 11) is 0. The van der Waals surface area contributed by atoms with Crippen LogP contribution in [0.1, 0.15) is 22.3 Å². The number of hydrogen-bond acceptors (Lipinski definition) is 0. The normalized spacial score (nSPS) is 13.4. The lowest BCUT2D eigenvalue weighted by molar-refractivity contribution is 0.794. The zero-order chi connectivity index (χ0) is 32.8. The summed E-state index contributed by atoms with van der Waals surface area (Å²) in [4.78, 5) is 0. The maximum atomic E-state index is 2.39. The van der Waals surface area contributed by atoms with Gasteiger partial charge in [0, 0.05) is 16.5 Å². The van der Waals surface area contributed by atoms with E-state index in [2.05, 4.69) is 193 Å². The molecule has 2 aliphatic carbocycles. The SMILES string of the molecule is c1ccc(-c2cccc3c2-c2ccccc2C32c3ccccc3-c3ccccc32)c(-c2ccc(-n3c4ccccc4c4ccccc43)cc2)c1. The molecule has 0 N–H and O–H groups in total. The molecule has 0 aliphatic heterocycles. The summed E-state index contributed by atoms with van der Waals surface area (Å²) in [6, 6.07) is 69.6. The van der Waals surface area contributed by atoms with Crippen LogP contribution in [0.25, 0.3) is 72.0 Å². The van der Waals surface area contributed by atoms with Crippen molar-refractivity contribution in [2.75, 3.05) is 0 Å². The molecule has 1 heterocycles. The molecule has 0 unspecified atom stereocenters. The van der Waals surface area contributed by atoms with Gasteiger partial charge in [0.25, 0.3) is 0 Å². The fraction of sp³-hybridized carbons (Fsp3) is 0.0204. The third-order valence-electron chi connectivity index (χ3n) is 11.3. The minimum Gasteiger partial charge on any atom is -0.309 e. The van der Waals surface area contributed by atoms with Gasteiger partial charge in [-0.3, -0.25) is 0 Å². The van der Waals surface area contributed by atoms with Gasteiger partial charge in [-0.05, 0) is 91.0 Å². The highest BCUT2D eigenvalue weighted by Gasteiger charge is 2.51. The van der Waals surface area contributed by atoms with Crippen LogP contribution in [-0.2, 0) is 5.41 Å². The zero-order valence-electron chi connectivity index (χ0n) is 27.3. The molecule has 1 aromatic heterocycles. The second kappa shape index (κ2) is 10.3. The van der Waals surface area contributed by atoms with E-state index < -0.39 is 0 Å². The number of aromatic nitrogens is 1. The standard InChI is InChI=1S/C49H31N/c1-2-15-35(34(14-1)32-28-30-33(31-29-32)50-46-26-11-6-18-38(46)39-19-7-12-27-47(39)50)40-21-13-25-45-48(40)41-20-5-10-24-44(41)49(45)42-22-8-3-16-36(42)37-17-4-9-23-43(37)49/h1-31H. The van der Waals surface area contributed by atoms with Crippen molar-refractivity contribution in [3.05, 3.63) is 210 Å². The maximum Gasteiger partial charge on any atom is 0.0725 e. The minimum atomic E-state index is -0.353. The number of rotatable bonds is 3. The van der Waals surface area contributed by atoms with E-state index in [4.69, 9.17) is 0 Å². The van der Waals surface area contributed by atoms with Gasteiger partial charge in [-0.1, -0.05) is 164 Å². The third-order valence-corrected chi connectivity index (χ3v) is 11.3. The number of para-hydroxylation sites is 2. The van der Waals surface area contributed by atoms with Crippen LogP contribution in [0.3, 0.4) is 0 Å². The first-order valence-electron chi connectivity index (χ1n) is 17.5. The van der Waals surface area contributed by atoms with Gasteiger partial charge in [-0.15, -0.1) is 0 Å². The highest BCUT2D eigenvalue weighted by molar-refractivity contribution is 6.09. The molecule has 0 amide bonds. The fourth-order valence-corrected chi connectivity index (χ4v) is 9.33. The molecule has 8 aromatic carbocycles. The predicted molar refractivity (Wildman–Crippen MR) is 208 cm³/mol. The van der Waals surface area contributed by atoms with Crippen LogP contribution >= 0.6 is 0 Å². The molecule has 1 nitrogen and oxygen atoms in total. The van der Waals surface area contributed by atoms with Crippen molar-refractivity contribution < 1.29 is 0 Å². The quantitative estimate of drug-likeness (QED) is 0.182. The van der Waals surface area contributed by atoms with Crippen molar-refractivity contribution in [3.63, 3.8) is 0 Å². The molecule has 0 fully saturated rings. The van der Waals surface area contributed by atoms with Crippen molar-refractivity contribution in [1.29, 1.82) is 0 Å². The van der Waals surface area contributed by atoms with E-state index in [1.54, 1.807) is 0 Å². The fourth-order valence-electron chi connectivity index (χ4n) is 9.33. The second-order valence-electron chi connectivity index (χ2n) is 13.6. The van der Waals surface area contributed by atoms with Crippen LogP contribution < -0.4 is 0 Å². The van der Waals surface area contributed by atoms with Gasteiger partial charge >= 0.3 is 0 Å². The smallest absolute Gasteiger partial charge is 0.0725 e. The van der Waals surface area contributed by atoms with E-state index in [0.29, 0.717) is 0 Å². The number of hydrogen-bond donors (Lipinski definition) is 0. The Balaban J connectivity index is 1.11. The van der Waals surface area contributed by atoms with Crippen molar-refractivity contribution >= 4 is 21.8 Å². The lowest BCUT2D eigenvalue weighted by Crippen LogP contribution is -2.25. The first kappa shape index (κ1) is 27.5. The maximum absolute atomic E-state index is 2.39. The average molecular weight is 634 g/mol. The first-order chi connectivity index (χ1) is 24.8. The number of benzene rings is 8. The van der Waals surface area contributed by atoms with Crippen molar-refractivity contribution in [1.82, 2.24) is 4.57 Å². The van der Waals surface area contributed by atoms with Crippen LogP contribution in [0, 0.1) is 0 Å². The van der Waals surface area contributed by atoms with Crippen LogP contribution in [0.5, 0.6) is 0 Å². The monoisotopic (exact) mass is 633 g/mol. The summed E-state index contributed by atoms with van der Waals surface area (Å²) >= 11 is 0. The van der Waals surface area contributed by atoms with Gasteiger partial charge in [-0.25, -0.2) is 0 Å². The molecule has 9 aromatic rings. The Labute approximate surface area is 291 Å². The van der Waals surface area contributed by atoms with Gasteiger partial charge in [0.05, 0.1) is 16.4 Å². The van der Waals surface area contributed by atoms with E-state index in [-0.39, 0.29) is 5.41 Å². The Morgan fingerprint density at radius 3 is 1.36 bits per heavy atom. The Kier molecular flexibility index (Phi) is 5.66. The van der Waals surface area contributed by atoms with E-state index in [1.807, 2.05) is 0 Å². The Hall–Kier alpha value is -6.44. The summed E-state index contributed by atoms with van der Waals surface area (Å²) < 4.78 is 2.39. The summed E-state index contributed by atoms with van der Waals surface area (Å²) in [5.74, 6) is 0. The van der Waals surface area contributed by atoms with Crippen LogP contribution in [0.4, 0.5) is 0 Å². The van der Waals surface area contributed by atoms with Gasteiger partial charge in [0.15, 0.2) is 0 Å². The number of nitrogens with zero attached hydrogens (tertiary/aromatic N) is 1. The Morgan fingerprint density at radius 1 is 0.300 bits per heavy atom. The Bertz CT molecular complexity index is 2720. The largest absolute Gasteiger partial charge is 0.309 e. The average Bonchev–Trinajstić information content (AvgIpc) is 3.80. The van der Waals surface area contributed by atoms with Crippen molar-refractivity contribution in [2.45, 2.75) is 5.41 Å². The molecule has 2 aliphatic rings. The molecule has 0 bridgehead atoms. The van der Waals surface area contributed by atoms with Crippen molar-refractivity contribution in [2.24, 2.45) is 0 Å². The summed E-state index contributed by atoms with van der Waals surface area (Å²) in [5.41, 5.74) is 19.0. The molecular weight excluding hydrogens is 603 g/mol. The van der Waals surface area contributed by atoms with Gasteiger partial charge in [-0.2, -0.15) is 0 Å². The van der Waals surface area contributed by atoms with Crippen molar-refractivity contribution in [3.8, 4) is 50.2 Å². The summed E-state index contributed by atoms with van der Waals surface area (Å²) in [6.45, 7) is 0. The van der Waals surface area contributed by atoms with Gasteiger partial charge in [0.2, 0.25) is 0 Å². The molecule has 0 atom stereocenters. The lowest BCUT2D eigenvalue weighted by atomic mass is 9.70. The van der Waals surface area contributed by atoms with Gasteiger partial charge in [0.1, 0.15) is 0 Å². The molecule has 0 saturated heterocycles. The minimum absolute atomic E-state index is 0.353. The molecule has 0 saturated carbocycles. The highest BCUT2D eigenvalue weighted by Crippen LogP contribution is 2.64. The van der Waals surface area contributed by atoms with E-state index >= 15 is 0 Å². The van der Waals surface area contributed by atoms with Crippen LogP contribution in [0.15, 0.2) is 188 Å². The first-order valence-corrected chi connectivity index (χ1v) is 17.5. The Morgan fingerprint density at radius 2 is 0.740 bits per heavy atom. The molecule has 50 heavy (non-hydrogen) atoms. The molecule has 0 radical (unpaired) electrons. The number of fused-ring (bicyclic) bond motifs is 13. The van der Waals surface area contributed by atoms with Crippen LogP contribution in [-0.4, -0.2) is 4.57 Å². The predicted octanol–water partition coefficient (Wildman–Crippen LogP) is 12.5. The molecule has 1 heteroatoms. The zero-order valence-corrected chi connectivity index (χ0v) is 27.3. The van der Waals surface area contributed by atoms with E-state index in [0.717, 1.165) is 0 Å². The molecule has 1 spiro atoms. The summed E-state index contributed by atoms with van der Waals surface area (Å²) in [6.07, 6.45) is 0. The highest BCUT2D eigenvalue weighted by atomic mass is 15.0. The lowest BCUT2D eigenvalue weighted by Gasteiger charge is -2.30.